The van der Waals surface area contributed by atoms with E-state index in [0.717, 1.165) is 4.90 Å². The topological polar surface area (TPSA) is 55.1 Å². The highest BCUT2D eigenvalue weighted by molar-refractivity contribution is 8.00. The number of nitrogens with two attached hydrogens (primary N) is 1. The Hall–Kier alpha value is -1.00. The summed E-state index contributed by atoms with van der Waals surface area (Å²) in [5.74, 6) is 5.31. The molecule has 16 heavy (non-hydrogen) atoms. The fraction of sp³-hybridized carbons (Fsp3) is 0.417. The molecule has 0 aliphatic rings. The lowest BCUT2D eigenvalue weighted by atomic mass is 10.1. The third-order valence-corrected chi connectivity index (χ3v) is 4.08. The number of hydrogen-bond acceptors (Lipinski definition) is 3. The zero-order chi connectivity index (χ0) is 12.1. The fourth-order valence-corrected chi connectivity index (χ4v) is 2.53. The van der Waals surface area contributed by atoms with Crippen molar-refractivity contribution in [2.75, 3.05) is 0 Å². The molecule has 0 aromatic heterocycles. The molecule has 0 bridgehead atoms. The first-order chi connectivity index (χ1) is 7.56. The summed E-state index contributed by atoms with van der Waals surface area (Å²) in [5.41, 5.74) is 3.41. The summed E-state index contributed by atoms with van der Waals surface area (Å²) in [5, 5.41) is -0.147. The molecule has 1 atom stereocenters. The Morgan fingerprint density at radius 1 is 1.38 bits per heavy atom. The second kappa shape index (κ2) is 5.92. The quantitative estimate of drug-likeness (QED) is 0.365. The standard InChI is InChI=1S/C12H18N2OS/c1-8(2)11(12(15)14-13)16-10-7-5-4-6-9(10)3/h4-8,11H,13H2,1-3H3,(H,14,15). The SMILES string of the molecule is Cc1ccccc1SC(C(=O)NN)C(C)C. The number of benzene rings is 1. The first-order valence-corrected chi connectivity index (χ1v) is 6.17. The van der Waals surface area contributed by atoms with E-state index < -0.39 is 0 Å². The van der Waals surface area contributed by atoms with Crippen molar-refractivity contribution in [1.82, 2.24) is 5.43 Å². The molecule has 0 saturated carbocycles. The first-order valence-electron chi connectivity index (χ1n) is 5.29. The van der Waals surface area contributed by atoms with Crippen LogP contribution in [0.2, 0.25) is 0 Å². The van der Waals surface area contributed by atoms with Crippen molar-refractivity contribution in [2.24, 2.45) is 11.8 Å². The van der Waals surface area contributed by atoms with Crippen LogP contribution in [-0.4, -0.2) is 11.2 Å². The maximum absolute atomic E-state index is 11.6. The molecule has 1 aromatic rings. The van der Waals surface area contributed by atoms with Gasteiger partial charge in [-0.2, -0.15) is 0 Å². The van der Waals surface area contributed by atoms with Crippen LogP contribution >= 0.6 is 11.8 Å². The van der Waals surface area contributed by atoms with Crippen molar-refractivity contribution in [3.05, 3.63) is 29.8 Å². The van der Waals surface area contributed by atoms with Gasteiger partial charge in [0.1, 0.15) is 0 Å². The van der Waals surface area contributed by atoms with E-state index in [2.05, 4.69) is 5.43 Å². The number of thioether (sulfide) groups is 1. The Morgan fingerprint density at radius 3 is 2.50 bits per heavy atom. The molecule has 1 aromatic carbocycles. The highest BCUT2D eigenvalue weighted by Gasteiger charge is 2.23. The molecule has 1 rings (SSSR count). The Balaban J connectivity index is 2.84. The maximum Gasteiger partial charge on any atom is 0.247 e. The Morgan fingerprint density at radius 2 is 2.00 bits per heavy atom. The minimum absolute atomic E-state index is 0.122. The van der Waals surface area contributed by atoms with Crippen LogP contribution in [0.1, 0.15) is 19.4 Å². The van der Waals surface area contributed by atoms with Crippen LogP contribution in [0.15, 0.2) is 29.2 Å². The summed E-state index contributed by atoms with van der Waals surface area (Å²) in [6, 6.07) is 8.04. The zero-order valence-corrected chi connectivity index (χ0v) is 10.7. The molecule has 1 amide bonds. The highest BCUT2D eigenvalue weighted by atomic mass is 32.2. The normalized spacial score (nSPS) is 12.6. The van der Waals surface area contributed by atoms with Gasteiger partial charge in [-0.15, -0.1) is 11.8 Å². The summed E-state index contributed by atoms with van der Waals surface area (Å²) in [7, 11) is 0. The van der Waals surface area contributed by atoms with Crippen LogP contribution < -0.4 is 11.3 Å². The number of nitrogens with one attached hydrogen (secondary N) is 1. The van der Waals surface area contributed by atoms with E-state index in [1.165, 1.54) is 5.56 Å². The lowest BCUT2D eigenvalue weighted by Gasteiger charge is -2.19. The first kappa shape index (κ1) is 13.1. The molecular weight excluding hydrogens is 220 g/mol. The van der Waals surface area contributed by atoms with Crippen molar-refractivity contribution in [3.8, 4) is 0 Å². The van der Waals surface area contributed by atoms with Gasteiger partial charge in [-0.25, -0.2) is 5.84 Å². The molecule has 0 spiro atoms. The number of rotatable bonds is 4. The second-order valence-corrected chi connectivity index (χ2v) is 5.24. The van der Waals surface area contributed by atoms with Gasteiger partial charge >= 0.3 is 0 Å². The van der Waals surface area contributed by atoms with Gasteiger partial charge in [0.15, 0.2) is 0 Å². The van der Waals surface area contributed by atoms with Crippen molar-refractivity contribution < 1.29 is 4.79 Å². The lowest BCUT2D eigenvalue weighted by molar-refractivity contribution is -0.121. The molecule has 0 fully saturated rings. The molecule has 3 nitrogen and oxygen atoms in total. The molecule has 3 N–H and O–H groups in total. The molecule has 0 radical (unpaired) electrons. The average Bonchev–Trinajstić information content (AvgIpc) is 2.26. The highest BCUT2D eigenvalue weighted by Crippen LogP contribution is 2.30. The lowest BCUT2D eigenvalue weighted by Crippen LogP contribution is -2.39. The van der Waals surface area contributed by atoms with E-state index in [1.54, 1.807) is 11.8 Å². The number of hydrazine groups is 1. The minimum atomic E-state index is -0.147. The van der Waals surface area contributed by atoms with Crippen LogP contribution in [0.3, 0.4) is 0 Å². The Kier molecular flexibility index (Phi) is 4.83. The molecule has 0 saturated heterocycles. The second-order valence-electron chi connectivity index (χ2n) is 4.06. The fourth-order valence-electron chi connectivity index (χ4n) is 1.40. The summed E-state index contributed by atoms with van der Waals surface area (Å²) >= 11 is 1.56. The maximum atomic E-state index is 11.6. The van der Waals surface area contributed by atoms with Crippen LogP contribution in [-0.2, 0) is 4.79 Å². The molecule has 88 valence electrons. The van der Waals surface area contributed by atoms with E-state index in [-0.39, 0.29) is 17.1 Å². The Labute approximate surface area is 101 Å². The smallest absolute Gasteiger partial charge is 0.247 e. The van der Waals surface area contributed by atoms with Gasteiger partial charge in [0, 0.05) is 4.90 Å². The summed E-state index contributed by atoms with van der Waals surface area (Å²) in [4.78, 5) is 12.7. The molecule has 1 unspecified atom stereocenters. The van der Waals surface area contributed by atoms with Crippen molar-refractivity contribution in [2.45, 2.75) is 30.9 Å². The predicted molar refractivity (Wildman–Crippen MR) is 68.0 cm³/mol. The van der Waals surface area contributed by atoms with Crippen LogP contribution in [0.25, 0.3) is 0 Å². The van der Waals surface area contributed by atoms with E-state index in [0.29, 0.717) is 0 Å². The molecule has 4 heteroatoms. The van der Waals surface area contributed by atoms with Gasteiger partial charge in [0.2, 0.25) is 5.91 Å². The van der Waals surface area contributed by atoms with Crippen LogP contribution in [0, 0.1) is 12.8 Å². The van der Waals surface area contributed by atoms with E-state index in [9.17, 15) is 4.79 Å². The number of carbonyl (C=O) groups excluding carboxylic acids is 1. The number of carbonyl (C=O) groups is 1. The van der Waals surface area contributed by atoms with Gasteiger partial charge in [0.05, 0.1) is 5.25 Å². The van der Waals surface area contributed by atoms with Gasteiger partial charge in [-0.3, -0.25) is 10.2 Å². The average molecular weight is 238 g/mol. The van der Waals surface area contributed by atoms with E-state index in [4.69, 9.17) is 5.84 Å². The van der Waals surface area contributed by atoms with Crippen LogP contribution in [0.4, 0.5) is 0 Å². The molecule has 0 aliphatic carbocycles. The minimum Gasteiger partial charge on any atom is -0.293 e. The van der Waals surface area contributed by atoms with Crippen molar-refractivity contribution >= 4 is 17.7 Å². The van der Waals surface area contributed by atoms with Gasteiger partial charge in [-0.05, 0) is 24.5 Å². The van der Waals surface area contributed by atoms with E-state index in [1.807, 2.05) is 45.0 Å². The number of aryl methyl sites for hydroxylation is 1. The monoisotopic (exact) mass is 238 g/mol. The summed E-state index contributed by atoms with van der Waals surface area (Å²) < 4.78 is 0. The van der Waals surface area contributed by atoms with Crippen molar-refractivity contribution in [1.29, 1.82) is 0 Å². The molecule has 0 aliphatic heterocycles. The van der Waals surface area contributed by atoms with Crippen molar-refractivity contribution in [3.63, 3.8) is 0 Å². The van der Waals surface area contributed by atoms with Gasteiger partial charge in [0.25, 0.3) is 0 Å². The largest absolute Gasteiger partial charge is 0.293 e. The number of amides is 1. The van der Waals surface area contributed by atoms with E-state index >= 15 is 0 Å². The van der Waals surface area contributed by atoms with Crippen LogP contribution in [0.5, 0.6) is 0 Å². The molecule has 0 heterocycles. The summed E-state index contributed by atoms with van der Waals surface area (Å²) in [6.45, 7) is 6.08. The third kappa shape index (κ3) is 3.25. The Bertz CT molecular complexity index is 366. The summed E-state index contributed by atoms with van der Waals surface area (Å²) in [6.07, 6.45) is 0. The third-order valence-electron chi connectivity index (χ3n) is 2.35. The zero-order valence-electron chi connectivity index (χ0n) is 9.86. The van der Waals surface area contributed by atoms with Gasteiger partial charge in [-0.1, -0.05) is 32.0 Å². The molecular formula is C12H18N2OS. The van der Waals surface area contributed by atoms with Gasteiger partial charge < -0.3 is 0 Å². The predicted octanol–water partition coefficient (Wildman–Crippen LogP) is 2.10. The number of hydrogen-bond donors (Lipinski definition) is 2.